The number of allylic oxidation sites excluding steroid dienone is 8. The summed E-state index contributed by atoms with van der Waals surface area (Å²) in [6, 6.07) is 0. The van der Waals surface area contributed by atoms with Crippen LogP contribution in [-0.2, 0) is 45.0 Å². The Morgan fingerprint density at radius 3 is 0.633 bits per heavy atom. The summed E-state index contributed by atoms with van der Waals surface area (Å²) in [4.78, 5) is 42.0. The number of aliphatic hydroxyl groups excluding tert-OH is 4. The third-order valence-electron chi connectivity index (χ3n) is 6.63. The van der Waals surface area contributed by atoms with Crippen molar-refractivity contribution in [1.29, 1.82) is 0 Å². The van der Waals surface area contributed by atoms with Crippen LogP contribution in [0.5, 0.6) is 0 Å². The molecule has 0 spiro atoms. The molecule has 0 aromatic carbocycles. The Morgan fingerprint density at radius 2 is 0.510 bits per heavy atom. The van der Waals surface area contributed by atoms with Gasteiger partial charge in [0, 0.05) is 75.8 Å². The monoisotopic (exact) mass is 860 g/mol. The predicted molar refractivity (Wildman–Crippen MR) is 201 cm³/mol. The summed E-state index contributed by atoms with van der Waals surface area (Å²) < 4.78 is 0. The van der Waals surface area contributed by atoms with Crippen LogP contribution in [0.25, 0.3) is 0 Å². The fourth-order valence-corrected chi connectivity index (χ4v) is 4.16. The van der Waals surface area contributed by atoms with E-state index in [2.05, 4.69) is 27.7 Å². The fourth-order valence-electron chi connectivity index (χ4n) is 4.16. The van der Waals surface area contributed by atoms with Gasteiger partial charge >= 0.3 is 0 Å². The summed E-state index contributed by atoms with van der Waals surface area (Å²) in [5.41, 5.74) is 0. The largest absolute Gasteiger partial charge is 0.512 e. The Labute approximate surface area is 318 Å². The minimum atomic E-state index is -0.0806. The number of carbonyl (C=O) groups is 4. The zero-order valence-electron chi connectivity index (χ0n) is 32.4. The minimum Gasteiger partial charge on any atom is -0.512 e. The smallest absolute Gasteiger partial charge is 0.155 e. The molecule has 0 aromatic heterocycles. The van der Waals surface area contributed by atoms with Crippen LogP contribution in [-0.4, -0.2) is 43.6 Å². The Balaban J connectivity index is -0.000000174. The number of ketones is 4. The molecule has 0 bridgehead atoms. The Kier molecular flexibility index (Phi) is 50.1. The van der Waals surface area contributed by atoms with Gasteiger partial charge in [0.2, 0.25) is 0 Å². The van der Waals surface area contributed by atoms with Crippen molar-refractivity contribution in [3.8, 4) is 0 Å². The first-order valence-corrected chi connectivity index (χ1v) is 18.3. The second kappa shape index (κ2) is 43.7. The van der Waals surface area contributed by atoms with Gasteiger partial charge in [0.25, 0.3) is 0 Å². The number of hydrogen-bond acceptors (Lipinski definition) is 8. The van der Waals surface area contributed by atoms with Gasteiger partial charge in [-0.05, 0) is 53.4 Å². The molecule has 0 radical (unpaired) electrons. The Morgan fingerprint density at radius 1 is 0.347 bits per heavy atom. The van der Waals surface area contributed by atoms with E-state index in [4.69, 9.17) is 20.4 Å². The Hall–Kier alpha value is -2.29. The van der Waals surface area contributed by atoms with Crippen LogP contribution >= 0.6 is 0 Å². The van der Waals surface area contributed by atoms with E-state index in [1.54, 1.807) is 0 Å². The van der Waals surface area contributed by atoms with Crippen molar-refractivity contribution >= 4 is 23.1 Å². The van der Waals surface area contributed by atoms with Crippen LogP contribution in [0.1, 0.15) is 184 Å². The molecule has 0 heterocycles. The van der Waals surface area contributed by atoms with E-state index in [1.807, 2.05) is 0 Å². The van der Waals surface area contributed by atoms with Gasteiger partial charge in [-0.15, -0.1) is 0 Å². The van der Waals surface area contributed by atoms with E-state index in [9.17, 15) is 19.2 Å². The summed E-state index contributed by atoms with van der Waals surface area (Å²) in [6.07, 6.45) is 25.7. The van der Waals surface area contributed by atoms with E-state index >= 15 is 0 Å². The maximum Gasteiger partial charge on any atom is 0.155 e. The first-order chi connectivity index (χ1) is 22.7. The van der Waals surface area contributed by atoms with Gasteiger partial charge < -0.3 is 20.4 Å². The van der Waals surface area contributed by atoms with Gasteiger partial charge in [0.15, 0.2) is 23.1 Å². The van der Waals surface area contributed by atoms with Crippen molar-refractivity contribution in [1.82, 2.24) is 0 Å². The molecule has 0 aliphatic heterocycles. The van der Waals surface area contributed by atoms with Crippen LogP contribution in [0.2, 0.25) is 0 Å². The average molecular weight is 859 g/mol. The van der Waals surface area contributed by atoms with E-state index in [0.29, 0.717) is 25.7 Å². The summed E-state index contributed by atoms with van der Waals surface area (Å²) in [6.45, 7) is 14.4. The Bertz CT molecular complexity index is 796. The molecule has 9 heteroatoms. The number of unbranched alkanes of at least 4 members (excludes halogenated alkanes) is 12. The molecule has 8 nitrogen and oxygen atoms in total. The molecule has 49 heavy (non-hydrogen) atoms. The molecule has 0 atom stereocenters. The molecule has 0 unspecified atom stereocenters. The normalized spacial score (nSPS) is 11.4. The molecule has 0 aliphatic rings. The van der Waals surface area contributed by atoms with Gasteiger partial charge in [-0.1, -0.05) is 105 Å². The molecule has 4 N–H and O–H groups in total. The van der Waals surface area contributed by atoms with E-state index < -0.39 is 0 Å². The first kappa shape index (κ1) is 56.1. The molecular weight excluding hydrogens is 787 g/mol. The first-order valence-electron chi connectivity index (χ1n) is 18.3. The zero-order valence-corrected chi connectivity index (χ0v) is 36.0. The van der Waals surface area contributed by atoms with Crippen molar-refractivity contribution in [2.45, 2.75) is 184 Å². The molecular formula is C40H72HfO8. The molecule has 0 fully saturated rings. The third kappa shape index (κ3) is 61.4. The topological polar surface area (TPSA) is 149 Å². The van der Waals surface area contributed by atoms with Crippen molar-refractivity contribution in [3.05, 3.63) is 47.3 Å². The molecule has 284 valence electrons. The van der Waals surface area contributed by atoms with Crippen molar-refractivity contribution in [2.75, 3.05) is 0 Å². The van der Waals surface area contributed by atoms with Gasteiger partial charge in [0.1, 0.15) is 0 Å². The SMILES string of the molecule is CCCCCCC(O)=CC(C)=O.CCCCCCC(O)=CC(C)=O.CCCCCCC(O)=CC(C)=O.CCCCCCC(O)=CC(C)=O.[Hf]. The predicted octanol–water partition coefficient (Wildman–Crippen LogP) is 11.9. The minimum absolute atomic E-state index is 0. The summed E-state index contributed by atoms with van der Waals surface area (Å²) >= 11 is 0. The maximum atomic E-state index is 10.5. The second-order valence-corrected chi connectivity index (χ2v) is 12.2. The van der Waals surface area contributed by atoms with Gasteiger partial charge in [-0.25, -0.2) is 0 Å². The number of aliphatic hydroxyl groups is 4. The van der Waals surface area contributed by atoms with Crippen molar-refractivity contribution < 1.29 is 65.4 Å². The van der Waals surface area contributed by atoms with Crippen LogP contribution in [0.3, 0.4) is 0 Å². The number of carbonyl (C=O) groups excluding carboxylic acids is 4. The molecule has 0 amide bonds. The van der Waals surface area contributed by atoms with Gasteiger partial charge in [0.05, 0.1) is 23.0 Å². The summed E-state index contributed by atoms with van der Waals surface area (Å²) in [7, 11) is 0. The zero-order chi connectivity index (χ0) is 37.6. The summed E-state index contributed by atoms with van der Waals surface area (Å²) in [5, 5.41) is 36.6. The van der Waals surface area contributed by atoms with Crippen LogP contribution in [0.4, 0.5) is 0 Å². The van der Waals surface area contributed by atoms with Crippen LogP contribution < -0.4 is 0 Å². The standard InChI is InChI=1S/4C10H18O2.Hf/c4*1-3-4-5-6-7-10(12)8-9(2)11;/h4*8,12H,3-7H2,1-2H3;. The third-order valence-corrected chi connectivity index (χ3v) is 6.63. The summed E-state index contributed by atoms with van der Waals surface area (Å²) in [5.74, 6) is 0.561. The number of rotatable bonds is 24. The van der Waals surface area contributed by atoms with E-state index in [1.165, 1.54) is 103 Å². The van der Waals surface area contributed by atoms with E-state index in [0.717, 1.165) is 51.4 Å². The van der Waals surface area contributed by atoms with Gasteiger partial charge in [-0.2, -0.15) is 0 Å². The van der Waals surface area contributed by atoms with Crippen LogP contribution in [0.15, 0.2) is 47.3 Å². The fraction of sp³-hybridized carbons (Fsp3) is 0.700. The number of hydrogen-bond donors (Lipinski definition) is 4. The van der Waals surface area contributed by atoms with Crippen molar-refractivity contribution in [3.63, 3.8) is 0 Å². The van der Waals surface area contributed by atoms with Gasteiger partial charge in [-0.3, -0.25) is 19.2 Å². The second-order valence-electron chi connectivity index (χ2n) is 12.2. The van der Waals surface area contributed by atoms with E-state index in [-0.39, 0.29) is 72.0 Å². The van der Waals surface area contributed by atoms with Crippen LogP contribution in [0, 0.1) is 0 Å². The average Bonchev–Trinajstić information content (AvgIpc) is 2.98. The van der Waals surface area contributed by atoms with Crippen molar-refractivity contribution in [2.24, 2.45) is 0 Å². The quantitative estimate of drug-likeness (QED) is 0.0324. The molecule has 0 saturated heterocycles. The molecule has 0 aliphatic carbocycles. The maximum absolute atomic E-state index is 10.5. The molecule has 0 aromatic rings. The molecule has 0 rings (SSSR count). The molecule has 0 saturated carbocycles.